The first kappa shape index (κ1) is 16.3. The second kappa shape index (κ2) is 6.60. The number of hydrogen-bond acceptors (Lipinski definition) is 2. The molecular formula is C15H31N3O. The molecule has 4 nitrogen and oxygen atoms in total. The standard InChI is InChI=1S/C15H31N3O/c1-5-10-17-13(19)18-11-15(16)8-6-12(7-9-15)14(2,3)4/h12H,5-11,16H2,1-4H3,(H2,17,18,19). The van der Waals surface area contributed by atoms with Gasteiger partial charge in [0.2, 0.25) is 0 Å². The van der Waals surface area contributed by atoms with E-state index in [1.807, 2.05) is 6.92 Å². The minimum Gasteiger partial charge on any atom is -0.338 e. The van der Waals surface area contributed by atoms with Crippen molar-refractivity contribution < 1.29 is 4.79 Å². The average molecular weight is 269 g/mol. The largest absolute Gasteiger partial charge is 0.338 e. The van der Waals surface area contributed by atoms with Gasteiger partial charge in [0, 0.05) is 18.6 Å². The molecule has 4 N–H and O–H groups in total. The van der Waals surface area contributed by atoms with Crippen LogP contribution < -0.4 is 16.4 Å². The van der Waals surface area contributed by atoms with Crippen LogP contribution in [0.2, 0.25) is 0 Å². The average Bonchev–Trinajstić information content (AvgIpc) is 2.33. The highest BCUT2D eigenvalue weighted by atomic mass is 16.2. The highest BCUT2D eigenvalue weighted by molar-refractivity contribution is 5.73. The molecule has 0 aliphatic heterocycles. The highest BCUT2D eigenvalue weighted by Gasteiger charge is 2.36. The summed E-state index contributed by atoms with van der Waals surface area (Å²) in [4.78, 5) is 11.5. The van der Waals surface area contributed by atoms with Crippen LogP contribution in [0.5, 0.6) is 0 Å². The van der Waals surface area contributed by atoms with Gasteiger partial charge in [-0.3, -0.25) is 0 Å². The van der Waals surface area contributed by atoms with Crippen LogP contribution in [0.15, 0.2) is 0 Å². The van der Waals surface area contributed by atoms with E-state index in [1.165, 1.54) is 0 Å². The maximum atomic E-state index is 11.5. The van der Waals surface area contributed by atoms with E-state index in [-0.39, 0.29) is 11.6 Å². The van der Waals surface area contributed by atoms with Crippen LogP contribution in [0.3, 0.4) is 0 Å². The number of nitrogens with two attached hydrogens (primary N) is 1. The second-order valence-electron chi connectivity index (χ2n) is 7.11. The monoisotopic (exact) mass is 269 g/mol. The fourth-order valence-corrected chi connectivity index (χ4v) is 2.79. The van der Waals surface area contributed by atoms with Gasteiger partial charge in [-0.05, 0) is 43.4 Å². The SMILES string of the molecule is CCCNC(=O)NCC1(N)CCC(C(C)(C)C)CC1. The molecule has 4 heteroatoms. The zero-order chi connectivity index (χ0) is 14.5. The second-order valence-corrected chi connectivity index (χ2v) is 7.11. The van der Waals surface area contributed by atoms with Crippen LogP contribution >= 0.6 is 0 Å². The molecule has 2 amide bonds. The van der Waals surface area contributed by atoms with Crippen LogP contribution in [0.1, 0.15) is 59.8 Å². The van der Waals surface area contributed by atoms with E-state index < -0.39 is 0 Å². The molecule has 1 rings (SSSR count). The van der Waals surface area contributed by atoms with Crippen LogP contribution in [-0.4, -0.2) is 24.7 Å². The molecule has 0 radical (unpaired) electrons. The van der Waals surface area contributed by atoms with E-state index in [9.17, 15) is 4.79 Å². The number of hydrogen-bond donors (Lipinski definition) is 3. The Kier molecular flexibility index (Phi) is 5.65. The zero-order valence-corrected chi connectivity index (χ0v) is 13.0. The number of carbonyl (C=O) groups is 1. The Morgan fingerprint density at radius 1 is 1.26 bits per heavy atom. The van der Waals surface area contributed by atoms with Crippen molar-refractivity contribution in [3.8, 4) is 0 Å². The van der Waals surface area contributed by atoms with Crippen molar-refractivity contribution in [2.24, 2.45) is 17.1 Å². The van der Waals surface area contributed by atoms with Crippen molar-refractivity contribution in [2.75, 3.05) is 13.1 Å². The summed E-state index contributed by atoms with van der Waals surface area (Å²) in [5, 5.41) is 5.72. The molecular weight excluding hydrogens is 238 g/mol. The number of amides is 2. The Labute approximate surface area is 117 Å². The van der Waals surface area contributed by atoms with E-state index in [1.54, 1.807) is 0 Å². The Morgan fingerprint density at radius 3 is 2.32 bits per heavy atom. The van der Waals surface area contributed by atoms with Gasteiger partial charge in [0.15, 0.2) is 0 Å². The van der Waals surface area contributed by atoms with Crippen molar-refractivity contribution >= 4 is 6.03 Å². The topological polar surface area (TPSA) is 67.2 Å². The Hall–Kier alpha value is -0.770. The first-order chi connectivity index (χ1) is 8.77. The summed E-state index contributed by atoms with van der Waals surface area (Å²) in [6.07, 6.45) is 5.29. The lowest BCUT2D eigenvalue weighted by Crippen LogP contribution is -2.54. The number of urea groups is 1. The van der Waals surface area contributed by atoms with Gasteiger partial charge in [-0.15, -0.1) is 0 Å². The van der Waals surface area contributed by atoms with E-state index in [2.05, 4.69) is 31.4 Å². The molecule has 1 saturated carbocycles. The lowest BCUT2D eigenvalue weighted by molar-refractivity contribution is 0.133. The van der Waals surface area contributed by atoms with E-state index in [0.717, 1.165) is 44.6 Å². The summed E-state index contributed by atoms with van der Waals surface area (Å²) in [6.45, 7) is 10.3. The normalized spacial score (nSPS) is 27.9. The molecule has 19 heavy (non-hydrogen) atoms. The van der Waals surface area contributed by atoms with Crippen molar-refractivity contribution in [1.82, 2.24) is 10.6 Å². The van der Waals surface area contributed by atoms with Gasteiger partial charge in [-0.2, -0.15) is 0 Å². The third kappa shape index (κ3) is 5.39. The molecule has 0 aromatic heterocycles. The van der Waals surface area contributed by atoms with Crippen molar-refractivity contribution in [1.29, 1.82) is 0 Å². The molecule has 0 saturated heterocycles. The van der Waals surface area contributed by atoms with Crippen molar-refractivity contribution in [3.05, 3.63) is 0 Å². The Morgan fingerprint density at radius 2 is 1.84 bits per heavy atom. The summed E-state index contributed by atoms with van der Waals surface area (Å²) in [7, 11) is 0. The van der Waals surface area contributed by atoms with Crippen LogP contribution in [0.25, 0.3) is 0 Å². The Bertz CT molecular complexity index is 288. The third-order valence-corrected chi connectivity index (χ3v) is 4.34. The summed E-state index contributed by atoms with van der Waals surface area (Å²) in [6, 6.07) is -0.0929. The first-order valence-corrected chi connectivity index (χ1v) is 7.57. The quantitative estimate of drug-likeness (QED) is 0.734. The van der Waals surface area contributed by atoms with E-state index >= 15 is 0 Å². The van der Waals surface area contributed by atoms with E-state index in [0.29, 0.717) is 12.0 Å². The van der Waals surface area contributed by atoms with Gasteiger partial charge in [0.1, 0.15) is 0 Å². The van der Waals surface area contributed by atoms with Gasteiger partial charge in [-0.25, -0.2) is 4.79 Å². The van der Waals surface area contributed by atoms with Crippen molar-refractivity contribution in [2.45, 2.75) is 65.3 Å². The van der Waals surface area contributed by atoms with Gasteiger partial charge < -0.3 is 16.4 Å². The third-order valence-electron chi connectivity index (χ3n) is 4.34. The van der Waals surface area contributed by atoms with Crippen LogP contribution in [-0.2, 0) is 0 Å². The van der Waals surface area contributed by atoms with Crippen molar-refractivity contribution in [3.63, 3.8) is 0 Å². The minimum absolute atomic E-state index is 0.0929. The lowest BCUT2D eigenvalue weighted by Gasteiger charge is -2.42. The maximum absolute atomic E-state index is 11.5. The van der Waals surface area contributed by atoms with Gasteiger partial charge in [0.25, 0.3) is 0 Å². The van der Waals surface area contributed by atoms with Gasteiger partial charge >= 0.3 is 6.03 Å². The molecule has 1 aliphatic rings. The van der Waals surface area contributed by atoms with Crippen LogP contribution in [0, 0.1) is 11.3 Å². The summed E-state index contributed by atoms with van der Waals surface area (Å²) < 4.78 is 0. The van der Waals surface area contributed by atoms with Crippen LogP contribution in [0.4, 0.5) is 4.79 Å². The number of carbonyl (C=O) groups excluding carboxylic acids is 1. The lowest BCUT2D eigenvalue weighted by atomic mass is 9.67. The Balaban J connectivity index is 2.33. The smallest absolute Gasteiger partial charge is 0.314 e. The highest BCUT2D eigenvalue weighted by Crippen LogP contribution is 2.40. The van der Waals surface area contributed by atoms with E-state index in [4.69, 9.17) is 5.73 Å². The number of nitrogens with one attached hydrogen (secondary N) is 2. The molecule has 0 heterocycles. The predicted octanol–water partition coefficient (Wildman–Crippen LogP) is 2.63. The molecule has 0 aromatic carbocycles. The molecule has 0 unspecified atom stereocenters. The fourth-order valence-electron chi connectivity index (χ4n) is 2.79. The van der Waals surface area contributed by atoms with Gasteiger partial charge in [0.05, 0.1) is 0 Å². The maximum Gasteiger partial charge on any atom is 0.314 e. The molecule has 0 aromatic rings. The predicted molar refractivity (Wildman–Crippen MR) is 80.0 cm³/mol. The molecule has 0 atom stereocenters. The summed E-state index contributed by atoms with van der Waals surface area (Å²) in [5.74, 6) is 0.748. The van der Waals surface area contributed by atoms with Gasteiger partial charge in [-0.1, -0.05) is 27.7 Å². The fraction of sp³-hybridized carbons (Fsp3) is 0.933. The summed E-state index contributed by atoms with van der Waals surface area (Å²) >= 11 is 0. The molecule has 1 fully saturated rings. The molecule has 112 valence electrons. The number of rotatable bonds is 4. The molecule has 0 bridgehead atoms. The minimum atomic E-state index is -0.217. The first-order valence-electron chi connectivity index (χ1n) is 7.57. The zero-order valence-electron chi connectivity index (χ0n) is 13.0. The summed E-state index contributed by atoms with van der Waals surface area (Å²) in [5.41, 5.74) is 6.55. The molecule has 1 aliphatic carbocycles. The molecule has 0 spiro atoms.